The van der Waals surface area contributed by atoms with Crippen LogP contribution in [0.5, 0.6) is 0 Å². The van der Waals surface area contributed by atoms with Crippen LogP contribution in [-0.4, -0.2) is 45.8 Å². The summed E-state index contributed by atoms with van der Waals surface area (Å²) in [5.41, 5.74) is 5.12. The van der Waals surface area contributed by atoms with Crippen molar-refractivity contribution in [3.63, 3.8) is 0 Å². The number of nitrogens with zero attached hydrogens (tertiary/aromatic N) is 4. The molecule has 1 saturated heterocycles. The van der Waals surface area contributed by atoms with Gasteiger partial charge in [-0.1, -0.05) is 36.4 Å². The number of likely N-dealkylation sites (tertiary alicyclic amines) is 1. The van der Waals surface area contributed by atoms with E-state index in [1.54, 1.807) is 0 Å². The third-order valence-corrected chi connectivity index (χ3v) is 6.02. The number of aromatic nitrogens is 3. The number of hydrogen-bond donors (Lipinski definition) is 1. The Hall–Kier alpha value is -2.79. The molecule has 2 aliphatic rings. The summed E-state index contributed by atoms with van der Waals surface area (Å²) in [4.78, 5) is 8.45. The molecule has 0 amide bonds. The van der Waals surface area contributed by atoms with E-state index in [0.717, 1.165) is 13.0 Å². The number of allylic oxidation sites excluding steroid dienone is 1. The third-order valence-electron chi connectivity index (χ3n) is 6.02. The molecule has 0 radical (unpaired) electrons. The minimum absolute atomic E-state index is 0.582. The summed E-state index contributed by atoms with van der Waals surface area (Å²) in [6.45, 7) is 3.14. The number of anilines is 1. The minimum atomic E-state index is 0.582. The highest BCUT2D eigenvalue weighted by Crippen LogP contribution is 2.36. The minimum Gasteiger partial charge on any atom is -0.347 e. The Kier molecular flexibility index (Phi) is 4.53. The van der Waals surface area contributed by atoms with Crippen molar-refractivity contribution in [2.45, 2.75) is 31.8 Å². The Morgan fingerprint density at radius 2 is 1.96 bits per heavy atom. The van der Waals surface area contributed by atoms with Gasteiger partial charge in [-0.25, -0.2) is 0 Å². The number of benzene rings is 1. The lowest BCUT2D eigenvalue weighted by atomic mass is 9.99. The Labute approximate surface area is 166 Å². The summed E-state index contributed by atoms with van der Waals surface area (Å²) >= 11 is 0. The molecule has 1 aromatic carbocycles. The number of rotatable bonds is 4. The molecule has 0 spiro atoms. The molecular weight excluding hydrogens is 346 g/mol. The topological polar surface area (TPSA) is 40.1 Å². The number of H-pyrrole nitrogens is 1. The van der Waals surface area contributed by atoms with Crippen molar-refractivity contribution in [3.8, 4) is 11.1 Å². The average molecular weight is 374 g/mol. The van der Waals surface area contributed by atoms with Crippen molar-refractivity contribution in [1.29, 1.82) is 0 Å². The van der Waals surface area contributed by atoms with Crippen LogP contribution in [0, 0.1) is 0 Å². The Bertz CT molecular complexity index is 960. The van der Waals surface area contributed by atoms with E-state index in [1.807, 2.05) is 16.9 Å². The smallest absolute Gasteiger partial charge is 0.114 e. The molecule has 5 rings (SSSR count). The molecule has 5 heteroatoms. The molecule has 2 aliphatic heterocycles. The van der Waals surface area contributed by atoms with E-state index in [1.165, 1.54) is 54.0 Å². The van der Waals surface area contributed by atoms with Gasteiger partial charge < -0.3 is 14.8 Å². The summed E-state index contributed by atoms with van der Waals surface area (Å²) in [5.74, 6) is 1.27. The average Bonchev–Trinajstić information content (AvgIpc) is 3.36. The highest BCUT2D eigenvalue weighted by Gasteiger charge is 2.27. The lowest BCUT2D eigenvalue weighted by Gasteiger charge is -2.37. The largest absolute Gasteiger partial charge is 0.347 e. The Morgan fingerprint density at radius 3 is 2.79 bits per heavy atom. The van der Waals surface area contributed by atoms with E-state index in [0.29, 0.717) is 6.04 Å². The molecule has 3 aromatic rings. The number of fused-ring (bicyclic) bond motifs is 1. The van der Waals surface area contributed by atoms with Crippen molar-refractivity contribution >= 4 is 5.82 Å². The number of nitrogens with one attached hydrogen (secondary N) is 1. The lowest BCUT2D eigenvalue weighted by molar-refractivity contribution is 0.254. The van der Waals surface area contributed by atoms with Gasteiger partial charge in [-0.15, -0.1) is 0 Å². The highest BCUT2D eigenvalue weighted by molar-refractivity contribution is 5.74. The zero-order valence-electron chi connectivity index (χ0n) is 16.4. The molecule has 0 saturated carbocycles. The fourth-order valence-electron chi connectivity index (χ4n) is 4.43. The first-order valence-electron chi connectivity index (χ1n) is 10.2. The van der Waals surface area contributed by atoms with Crippen LogP contribution in [-0.2, 0) is 13.0 Å². The molecule has 0 unspecified atom stereocenters. The first kappa shape index (κ1) is 17.3. The monoisotopic (exact) mass is 373 g/mol. The van der Waals surface area contributed by atoms with E-state index < -0.39 is 0 Å². The maximum atomic E-state index is 4.60. The zero-order valence-corrected chi connectivity index (χ0v) is 16.4. The molecule has 5 nitrogen and oxygen atoms in total. The summed E-state index contributed by atoms with van der Waals surface area (Å²) in [6.07, 6.45) is 14.3. The predicted molar refractivity (Wildman–Crippen MR) is 113 cm³/mol. The molecule has 2 aromatic heterocycles. The van der Waals surface area contributed by atoms with Gasteiger partial charge in [0.15, 0.2) is 0 Å². The SMILES string of the molecule is CN1CCC(N2C=CCc3c(-c4cnn(Cc5ccccc5)c4)c[nH]c32)CC1. The van der Waals surface area contributed by atoms with Gasteiger partial charge in [-0.3, -0.25) is 4.68 Å². The van der Waals surface area contributed by atoms with Crippen molar-refractivity contribution in [2.75, 3.05) is 25.0 Å². The molecule has 0 atom stereocenters. The van der Waals surface area contributed by atoms with E-state index in [-0.39, 0.29) is 0 Å². The summed E-state index contributed by atoms with van der Waals surface area (Å²) in [7, 11) is 2.22. The summed E-state index contributed by atoms with van der Waals surface area (Å²) < 4.78 is 2.03. The van der Waals surface area contributed by atoms with Crippen molar-refractivity contribution < 1.29 is 0 Å². The van der Waals surface area contributed by atoms with Crippen LogP contribution < -0.4 is 4.90 Å². The molecule has 28 heavy (non-hydrogen) atoms. The first-order valence-corrected chi connectivity index (χ1v) is 10.2. The number of hydrogen-bond acceptors (Lipinski definition) is 3. The molecular formula is C23H27N5. The van der Waals surface area contributed by atoms with E-state index in [9.17, 15) is 0 Å². The second-order valence-corrected chi connectivity index (χ2v) is 7.97. The number of piperidine rings is 1. The van der Waals surface area contributed by atoms with Crippen LogP contribution in [0.4, 0.5) is 5.82 Å². The van der Waals surface area contributed by atoms with Gasteiger partial charge in [-0.2, -0.15) is 5.10 Å². The van der Waals surface area contributed by atoms with Crippen molar-refractivity contribution in [1.82, 2.24) is 19.7 Å². The van der Waals surface area contributed by atoms with E-state index in [2.05, 4.69) is 75.9 Å². The second-order valence-electron chi connectivity index (χ2n) is 7.97. The maximum Gasteiger partial charge on any atom is 0.114 e. The van der Waals surface area contributed by atoms with Gasteiger partial charge in [0.2, 0.25) is 0 Å². The van der Waals surface area contributed by atoms with Gasteiger partial charge in [-0.05, 0) is 45.0 Å². The summed E-state index contributed by atoms with van der Waals surface area (Å²) in [6, 6.07) is 11.1. The summed E-state index contributed by atoms with van der Waals surface area (Å²) in [5, 5.41) is 4.60. The van der Waals surface area contributed by atoms with Crippen LogP contribution in [0.25, 0.3) is 11.1 Å². The van der Waals surface area contributed by atoms with E-state index >= 15 is 0 Å². The molecule has 0 bridgehead atoms. The normalized spacial score (nSPS) is 17.8. The predicted octanol–water partition coefficient (Wildman–Crippen LogP) is 3.90. The van der Waals surface area contributed by atoms with Crippen LogP contribution in [0.2, 0.25) is 0 Å². The fraction of sp³-hybridized carbons (Fsp3) is 0.348. The Morgan fingerprint density at radius 1 is 1.14 bits per heavy atom. The van der Waals surface area contributed by atoms with Crippen LogP contribution >= 0.6 is 0 Å². The van der Waals surface area contributed by atoms with E-state index in [4.69, 9.17) is 0 Å². The van der Waals surface area contributed by atoms with Gasteiger partial charge in [0.1, 0.15) is 5.82 Å². The molecule has 4 heterocycles. The van der Waals surface area contributed by atoms with Crippen LogP contribution in [0.15, 0.2) is 61.2 Å². The fourth-order valence-corrected chi connectivity index (χ4v) is 4.43. The lowest BCUT2D eigenvalue weighted by Crippen LogP contribution is -2.42. The van der Waals surface area contributed by atoms with Crippen molar-refractivity contribution in [2.24, 2.45) is 0 Å². The number of aromatic amines is 1. The van der Waals surface area contributed by atoms with Crippen LogP contribution in [0.1, 0.15) is 24.0 Å². The van der Waals surface area contributed by atoms with Gasteiger partial charge in [0, 0.05) is 41.3 Å². The quantitative estimate of drug-likeness (QED) is 0.754. The maximum absolute atomic E-state index is 4.60. The molecule has 1 fully saturated rings. The zero-order chi connectivity index (χ0) is 18.9. The molecule has 144 valence electrons. The second kappa shape index (κ2) is 7.32. The standard InChI is InChI=1S/C23H27N5/c1-26-12-9-20(10-13-26)28-11-5-8-21-22(15-24-23(21)28)19-14-25-27(17-19)16-18-6-3-2-4-7-18/h2-7,11,14-15,17,20,24H,8-10,12-13,16H2,1H3. The molecule has 1 N–H and O–H groups in total. The highest BCUT2D eigenvalue weighted by atomic mass is 15.3. The van der Waals surface area contributed by atoms with Crippen LogP contribution in [0.3, 0.4) is 0 Å². The molecule has 0 aliphatic carbocycles. The Balaban J connectivity index is 1.38. The van der Waals surface area contributed by atoms with Gasteiger partial charge in [0.05, 0.1) is 12.7 Å². The van der Waals surface area contributed by atoms with Gasteiger partial charge in [0.25, 0.3) is 0 Å². The van der Waals surface area contributed by atoms with Crippen molar-refractivity contribution in [3.05, 3.63) is 72.3 Å². The first-order chi connectivity index (χ1) is 13.8. The van der Waals surface area contributed by atoms with Gasteiger partial charge >= 0.3 is 0 Å². The third kappa shape index (κ3) is 3.27.